The van der Waals surface area contributed by atoms with Crippen molar-refractivity contribution in [2.45, 2.75) is 19.5 Å². The van der Waals surface area contributed by atoms with Crippen molar-refractivity contribution < 1.29 is 13.9 Å². The molecule has 1 aliphatic rings. The van der Waals surface area contributed by atoms with Gasteiger partial charge in [0.2, 0.25) is 0 Å². The van der Waals surface area contributed by atoms with Gasteiger partial charge >= 0.3 is 6.03 Å². The summed E-state index contributed by atoms with van der Waals surface area (Å²) in [4.78, 5) is 13.9. The Morgan fingerprint density at radius 3 is 2.89 bits per heavy atom. The third-order valence-corrected chi connectivity index (χ3v) is 3.23. The first-order chi connectivity index (χ1) is 9.25. The molecule has 0 radical (unpaired) electrons. The zero-order valence-electron chi connectivity index (χ0n) is 11.2. The Kier molecular flexibility index (Phi) is 5.23. The first kappa shape index (κ1) is 13.9. The Morgan fingerprint density at radius 1 is 1.42 bits per heavy atom. The summed E-state index contributed by atoms with van der Waals surface area (Å²) in [6, 6.07) is 3.78. The van der Waals surface area contributed by atoms with E-state index in [4.69, 9.17) is 9.15 Å². The van der Waals surface area contributed by atoms with E-state index in [9.17, 15) is 4.79 Å². The van der Waals surface area contributed by atoms with Crippen molar-refractivity contribution in [1.82, 2.24) is 15.5 Å². The second-order valence-corrected chi connectivity index (χ2v) is 4.64. The van der Waals surface area contributed by atoms with E-state index in [1.165, 1.54) is 0 Å². The van der Waals surface area contributed by atoms with Gasteiger partial charge in [-0.05, 0) is 19.1 Å². The summed E-state index contributed by atoms with van der Waals surface area (Å²) in [5, 5.41) is 5.62. The highest BCUT2D eigenvalue weighted by molar-refractivity contribution is 5.73. The van der Waals surface area contributed by atoms with Gasteiger partial charge in [-0.1, -0.05) is 0 Å². The highest BCUT2D eigenvalue weighted by Gasteiger charge is 2.17. The van der Waals surface area contributed by atoms with E-state index >= 15 is 0 Å². The fourth-order valence-electron chi connectivity index (χ4n) is 2.03. The maximum absolute atomic E-state index is 11.6. The molecule has 0 aromatic carbocycles. The van der Waals surface area contributed by atoms with Gasteiger partial charge in [0.15, 0.2) is 0 Å². The standard InChI is InChI=1S/C13H21N3O3/c1-11(16-4-7-18-8-5-16)9-14-13(17)15-10-12-3-2-6-19-12/h2-3,6,11H,4-5,7-10H2,1H3,(H2,14,15,17)/t11-/m1/s1. The molecular formula is C13H21N3O3. The second-order valence-electron chi connectivity index (χ2n) is 4.64. The molecule has 2 amide bonds. The van der Waals surface area contributed by atoms with Crippen LogP contribution in [0.4, 0.5) is 4.79 Å². The number of amides is 2. The van der Waals surface area contributed by atoms with Gasteiger partial charge in [-0.25, -0.2) is 4.79 Å². The van der Waals surface area contributed by atoms with Gasteiger partial charge in [0, 0.05) is 25.7 Å². The molecular weight excluding hydrogens is 246 g/mol. The molecule has 6 nitrogen and oxygen atoms in total. The SMILES string of the molecule is C[C@H](CNC(=O)NCc1ccco1)N1CCOCC1. The first-order valence-electron chi connectivity index (χ1n) is 6.61. The van der Waals surface area contributed by atoms with Gasteiger partial charge in [-0.3, -0.25) is 4.90 Å². The monoisotopic (exact) mass is 267 g/mol. The molecule has 1 aromatic heterocycles. The van der Waals surface area contributed by atoms with Crippen molar-refractivity contribution in [3.63, 3.8) is 0 Å². The smallest absolute Gasteiger partial charge is 0.315 e. The molecule has 1 saturated heterocycles. The number of rotatable bonds is 5. The average Bonchev–Trinajstić information content (AvgIpc) is 2.96. The van der Waals surface area contributed by atoms with Crippen molar-refractivity contribution in [2.75, 3.05) is 32.8 Å². The Labute approximate surface area is 113 Å². The van der Waals surface area contributed by atoms with E-state index in [-0.39, 0.29) is 6.03 Å². The quantitative estimate of drug-likeness (QED) is 0.828. The van der Waals surface area contributed by atoms with Crippen LogP contribution in [0.3, 0.4) is 0 Å². The molecule has 0 spiro atoms. The van der Waals surface area contributed by atoms with Crippen LogP contribution in [0.5, 0.6) is 0 Å². The van der Waals surface area contributed by atoms with Crippen molar-refractivity contribution in [3.8, 4) is 0 Å². The molecule has 0 saturated carbocycles. The minimum Gasteiger partial charge on any atom is -0.467 e. The lowest BCUT2D eigenvalue weighted by atomic mass is 10.2. The molecule has 0 aliphatic carbocycles. The molecule has 6 heteroatoms. The maximum atomic E-state index is 11.6. The molecule has 2 heterocycles. The molecule has 0 bridgehead atoms. The van der Waals surface area contributed by atoms with Crippen LogP contribution in [0.25, 0.3) is 0 Å². The Bertz CT molecular complexity index is 374. The van der Waals surface area contributed by atoms with Gasteiger partial charge in [0.25, 0.3) is 0 Å². The molecule has 1 atom stereocenters. The van der Waals surface area contributed by atoms with Crippen LogP contribution in [0.2, 0.25) is 0 Å². The molecule has 1 fully saturated rings. The highest BCUT2D eigenvalue weighted by Crippen LogP contribution is 2.02. The lowest BCUT2D eigenvalue weighted by Crippen LogP contribution is -2.48. The summed E-state index contributed by atoms with van der Waals surface area (Å²) >= 11 is 0. The third-order valence-electron chi connectivity index (χ3n) is 3.23. The number of morpholine rings is 1. The number of hydrogen-bond donors (Lipinski definition) is 2. The summed E-state index contributed by atoms with van der Waals surface area (Å²) < 4.78 is 10.4. The van der Waals surface area contributed by atoms with Crippen LogP contribution in [-0.4, -0.2) is 49.8 Å². The molecule has 0 unspecified atom stereocenters. The van der Waals surface area contributed by atoms with Gasteiger partial charge in [0.05, 0.1) is 26.0 Å². The zero-order chi connectivity index (χ0) is 13.5. The summed E-state index contributed by atoms with van der Waals surface area (Å²) in [7, 11) is 0. The van der Waals surface area contributed by atoms with Crippen LogP contribution >= 0.6 is 0 Å². The van der Waals surface area contributed by atoms with Crippen LogP contribution < -0.4 is 10.6 Å². The molecule has 2 rings (SSSR count). The van der Waals surface area contributed by atoms with E-state index in [2.05, 4.69) is 22.5 Å². The fourth-order valence-corrected chi connectivity index (χ4v) is 2.03. The Balaban J connectivity index is 1.62. The first-order valence-corrected chi connectivity index (χ1v) is 6.61. The summed E-state index contributed by atoms with van der Waals surface area (Å²) in [6.45, 7) is 6.55. The van der Waals surface area contributed by atoms with E-state index in [1.54, 1.807) is 12.3 Å². The van der Waals surface area contributed by atoms with Crippen molar-refractivity contribution in [1.29, 1.82) is 0 Å². The number of nitrogens with zero attached hydrogens (tertiary/aromatic N) is 1. The van der Waals surface area contributed by atoms with E-state index in [1.807, 2.05) is 6.07 Å². The molecule has 2 N–H and O–H groups in total. The summed E-state index contributed by atoms with van der Waals surface area (Å²) in [5.74, 6) is 0.747. The lowest BCUT2D eigenvalue weighted by molar-refractivity contribution is 0.0209. The third kappa shape index (κ3) is 4.57. The molecule has 1 aromatic rings. The van der Waals surface area contributed by atoms with Gasteiger partial charge in [-0.15, -0.1) is 0 Å². The van der Waals surface area contributed by atoms with Crippen molar-refractivity contribution in [3.05, 3.63) is 24.2 Å². The Morgan fingerprint density at radius 2 is 2.21 bits per heavy atom. The number of furan rings is 1. The number of nitrogens with one attached hydrogen (secondary N) is 2. The number of ether oxygens (including phenoxy) is 1. The summed E-state index contributed by atoms with van der Waals surface area (Å²) in [5.41, 5.74) is 0. The fraction of sp³-hybridized carbons (Fsp3) is 0.615. The zero-order valence-corrected chi connectivity index (χ0v) is 11.2. The highest BCUT2D eigenvalue weighted by atomic mass is 16.5. The minimum absolute atomic E-state index is 0.170. The summed E-state index contributed by atoms with van der Waals surface area (Å²) in [6.07, 6.45) is 1.59. The van der Waals surface area contributed by atoms with Crippen molar-refractivity contribution >= 4 is 6.03 Å². The predicted octanol–water partition coefficient (Wildman–Crippen LogP) is 0.799. The predicted molar refractivity (Wildman–Crippen MR) is 70.8 cm³/mol. The largest absolute Gasteiger partial charge is 0.467 e. The van der Waals surface area contributed by atoms with Gasteiger partial charge in [0.1, 0.15) is 5.76 Å². The Hall–Kier alpha value is -1.53. The number of carbonyl (C=O) groups excluding carboxylic acids is 1. The van der Waals surface area contributed by atoms with E-state index < -0.39 is 0 Å². The van der Waals surface area contributed by atoms with Crippen LogP contribution in [-0.2, 0) is 11.3 Å². The number of urea groups is 1. The van der Waals surface area contributed by atoms with E-state index in [0.29, 0.717) is 19.1 Å². The van der Waals surface area contributed by atoms with Crippen LogP contribution in [0, 0.1) is 0 Å². The van der Waals surface area contributed by atoms with Gasteiger partial charge in [-0.2, -0.15) is 0 Å². The molecule has 1 aliphatic heterocycles. The molecule has 19 heavy (non-hydrogen) atoms. The van der Waals surface area contributed by atoms with Crippen molar-refractivity contribution in [2.24, 2.45) is 0 Å². The van der Waals surface area contributed by atoms with E-state index in [0.717, 1.165) is 32.1 Å². The topological polar surface area (TPSA) is 66.7 Å². The number of hydrogen-bond acceptors (Lipinski definition) is 4. The number of carbonyl (C=O) groups is 1. The second kappa shape index (κ2) is 7.16. The van der Waals surface area contributed by atoms with Crippen LogP contribution in [0.15, 0.2) is 22.8 Å². The lowest BCUT2D eigenvalue weighted by Gasteiger charge is -2.32. The minimum atomic E-state index is -0.170. The maximum Gasteiger partial charge on any atom is 0.315 e. The average molecular weight is 267 g/mol. The normalized spacial score (nSPS) is 17.9. The van der Waals surface area contributed by atoms with Crippen LogP contribution in [0.1, 0.15) is 12.7 Å². The molecule has 106 valence electrons. The van der Waals surface area contributed by atoms with Gasteiger partial charge < -0.3 is 19.8 Å².